The third-order valence-electron chi connectivity index (χ3n) is 5.14. The Morgan fingerprint density at radius 1 is 0.957 bits per heavy atom. The van der Waals surface area contributed by atoms with Crippen LogP contribution in [-0.4, -0.2) is 0 Å². The molecule has 0 bridgehead atoms. The van der Waals surface area contributed by atoms with E-state index in [2.05, 4.69) is 88.0 Å². The highest BCUT2D eigenvalue weighted by molar-refractivity contribution is 5.64. The first-order valence-electron chi connectivity index (χ1n) is 8.89. The number of allylic oxidation sites excluding steroid dienone is 1. The highest BCUT2D eigenvalue weighted by Gasteiger charge is 2.35. The van der Waals surface area contributed by atoms with E-state index in [-0.39, 0.29) is 5.41 Å². The maximum absolute atomic E-state index is 4.43. The molecule has 0 fully saturated rings. The van der Waals surface area contributed by atoms with E-state index >= 15 is 0 Å². The van der Waals surface area contributed by atoms with Crippen molar-refractivity contribution in [3.05, 3.63) is 78.4 Å². The van der Waals surface area contributed by atoms with Crippen LogP contribution in [0.1, 0.15) is 57.6 Å². The van der Waals surface area contributed by atoms with Crippen LogP contribution in [0, 0.1) is 5.92 Å². The fourth-order valence-corrected chi connectivity index (χ4v) is 3.58. The maximum Gasteiger partial charge on any atom is 0.00163 e. The van der Waals surface area contributed by atoms with Gasteiger partial charge in [0.05, 0.1) is 0 Å². The third kappa shape index (κ3) is 4.13. The molecule has 0 amide bonds. The number of benzene rings is 2. The molecule has 23 heavy (non-hydrogen) atoms. The second-order valence-electron chi connectivity index (χ2n) is 6.93. The van der Waals surface area contributed by atoms with E-state index in [9.17, 15) is 0 Å². The van der Waals surface area contributed by atoms with Crippen molar-refractivity contribution >= 4 is 5.57 Å². The first-order valence-corrected chi connectivity index (χ1v) is 8.89. The van der Waals surface area contributed by atoms with E-state index in [1.807, 2.05) is 0 Å². The zero-order chi connectivity index (χ0) is 16.7. The lowest BCUT2D eigenvalue weighted by atomic mass is 9.64. The maximum atomic E-state index is 4.43. The van der Waals surface area contributed by atoms with Gasteiger partial charge in [0, 0.05) is 5.41 Å². The van der Waals surface area contributed by atoms with Gasteiger partial charge in [-0.05, 0) is 35.5 Å². The Labute approximate surface area is 142 Å². The molecule has 0 saturated carbocycles. The lowest BCUT2D eigenvalue weighted by molar-refractivity contribution is 0.282. The molecule has 2 rings (SSSR count). The van der Waals surface area contributed by atoms with Gasteiger partial charge in [-0.15, -0.1) is 0 Å². The van der Waals surface area contributed by atoms with E-state index in [0.29, 0.717) is 5.92 Å². The van der Waals surface area contributed by atoms with E-state index in [1.54, 1.807) is 0 Å². The van der Waals surface area contributed by atoms with Gasteiger partial charge in [-0.25, -0.2) is 0 Å². The van der Waals surface area contributed by atoms with Gasteiger partial charge in [0.1, 0.15) is 0 Å². The van der Waals surface area contributed by atoms with Crippen LogP contribution in [0.2, 0.25) is 0 Å². The summed E-state index contributed by atoms with van der Waals surface area (Å²) in [6.07, 6.45) is 4.74. The molecular weight excluding hydrogens is 276 g/mol. The predicted molar refractivity (Wildman–Crippen MR) is 103 cm³/mol. The molecule has 1 atom stereocenters. The van der Waals surface area contributed by atoms with Gasteiger partial charge in [0.2, 0.25) is 0 Å². The molecule has 0 aliphatic rings. The number of unbranched alkanes of at least 4 members (excludes halogenated alkanes) is 1. The van der Waals surface area contributed by atoms with Crippen molar-refractivity contribution in [2.45, 2.75) is 51.9 Å². The Bertz CT molecular complexity index is 594. The molecule has 0 spiro atoms. The molecule has 0 heterocycles. The summed E-state index contributed by atoms with van der Waals surface area (Å²) < 4.78 is 0. The SMILES string of the molecule is C=C(CC(CCCC)(c1ccccc1)C(C)C)c1ccccc1. The van der Waals surface area contributed by atoms with Gasteiger partial charge in [0.25, 0.3) is 0 Å². The van der Waals surface area contributed by atoms with Crippen molar-refractivity contribution in [2.24, 2.45) is 5.92 Å². The van der Waals surface area contributed by atoms with Crippen LogP contribution in [-0.2, 0) is 5.41 Å². The smallest absolute Gasteiger partial charge is 0.00163 e. The van der Waals surface area contributed by atoms with E-state index in [1.165, 1.54) is 36.0 Å². The molecule has 0 aliphatic heterocycles. The Morgan fingerprint density at radius 2 is 1.52 bits per heavy atom. The van der Waals surface area contributed by atoms with Crippen LogP contribution < -0.4 is 0 Å². The first-order chi connectivity index (χ1) is 11.1. The monoisotopic (exact) mass is 306 g/mol. The van der Waals surface area contributed by atoms with E-state index < -0.39 is 0 Å². The second-order valence-corrected chi connectivity index (χ2v) is 6.93. The van der Waals surface area contributed by atoms with Crippen LogP contribution in [0.25, 0.3) is 5.57 Å². The first kappa shape index (κ1) is 17.5. The van der Waals surface area contributed by atoms with Crippen molar-refractivity contribution in [1.29, 1.82) is 0 Å². The van der Waals surface area contributed by atoms with E-state index in [4.69, 9.17) is 0 Å². The summed E-state index contributed by atoms with van der Waals surface area (Å²) in [5.41, 5.74) is 4.15. The highest BCUT2D eigenvalue weighted by atomic mass is 14.4. The summed E-state index contributed by atoms with van der Waals surface area (Å²) in [6, 6.07) is 21.7. The highest BCUT2D eigenvalue weighted by Crippen LogP contribution is 2.44. The largest absolute Gasteiger partial charge is 0.0952 e. The summed E-state index contributed by atoms with van der Waals surface area (Å²) >= 11 is 0. The lowest BCUT2D eigenvalue weighted by Gasteiger charge is -2.39. The van der Waals surface area contributed by atoms with Gasteiger partial charge >= 0.3 is 0 Å². The zero-order valence-corrected chi connectivity index (χ0v) is 14.9. The fraction of sp³-hybridized carbons (Fsp3) is 0.391. The topological polar surface area (TPSA) is 0 Å². The Morgan fingerprint density at radius 3 is 2.04 bits per heavy atom. The van der Waals surface area contributed by atoms with Crippen molar-refractivity contribution < 1.29 is 0 Å². The second kappa shape index (κ2) is 8.15. The van der Waals surface area contributed by atoms with Gasteiger partial charge in [-0.2, -0.15) is 0 Å². The lowest BCUT2D eigenvalue weighted by Crippen LogP contribution is -2.32. The van der Waals surface area contributed by atoms with Gasteiger partial charge in [-0.3, -0.25) is 0 Å². The quantitative estimate of drug-likeness (QED) is 0.499. The van der Waals surface area contributed by atoms with Crippen LogP contribution in [0.3, 0.4) is 0 Å². The molecular formula is C23H30. The Kier molecular flexibility index (Phi) is 6.21. The normalized spacial score (nSPS) is 13.7. The Balaban J connectivity index is 2.38. The Hall–Kier alpha value is -1.82. The minimum Gasteiger partial charge on any atom is -0.0952 e. The summed E-state index contributed by atoms with van der Waals surface area (Å²) in [6.45, 7) is 11.4. The van der Waals surface area contributed by atoms with Crippen molar-refractivity contribution in [3.63, 3.8) is 0 Å². The standard InChI is InChI=1S/C23H30/c1-5-6-17-23(19(2)3,22-15-11-8-12-16-22)18-20(4)21-13-9-7-10-14-21/h7-16,19H,4-6,17-18H2,1-3H3. The predicted octanol–water partition coefficient (Wildman–Crippen LogP) is 6.87. The molecule has 0 saturated heterocycles. The van der Waals surface area contributed by atoms with Crippen LogP contribution in [0.5, 0.6) is 0 Å². The van der Waals surface area contributed by atoms with Crippen molar-refractivity contribution in [2.75, 3.05) is 0 Å². The zero-order valence-electron chi connectivity index (χ0n) is 14.9. The number of hydrogen-bond donors (Lipinski definition) is 0. The fourth-order valence-electron chi connectivity index (χ4n) is 3.58. The van der Waals surface area contributed by atoms with Crippen LogP contribution in [0.4, 0.5) is 0 Å². The van der Waals surface area contributed by atoms with Crippen molar-refractivity contribution in [1.82, 2.24) is 0 Å². The summed E-state index contributed by atoms with van der Waals surface area (Å²) in [4.78, 5) is 0. The summed E-state index contributed by atoms with van der Waals surface area (Å²) in [5.74, 6) is 0.580. The molecule has 0 N–H and O–H groups in total. The van der Waals surface area contributed by atoms with Crippen LogP contribution >= 0.6 is 0 Å². The summed E-state index contributed by atoms with van der Waals surface area (Å²) in [5, 5.41) is 0. The minimum atomic E-state index is 0.171. The minimum absolute atomic E-state index is 0.171. The van der Waals surface area contributed by atoms with Crippen molar-refractivity contribution in [3.8, 4) is 0 Å². The molecule has 0 aromatic heterocycles. The van der Waals surface area contributed by atoms with Gasteiger partial charge in [0.15, 0.2) is 0 Å². The third-order valence-corrected chi connectivity index (χ3v) is 5.14. The molecule has 122 valence electrons. The van der Waals surface area contributed by atoms with Gasteiger partial charge in [-0.1, -0.05) is 101 Å². The molecule has 0 aliphatic carbocycles. The molecule has 2 aromatic carbocycles. The average molecular weight is 306 g/mol. The number of rotatable bonds is 8. The molecule has 2 aromatic rings. The van der Waals surface area contributed by atoms with Crippen LogP contribution in [0.15, 0.2) is 67.2 Å². The van der Waals surface area contributed by atoms with E-state index in [0.717, 1.165) is 6.42 Å². The number of hydrogen-bond acceptors (Lipinski definition) is 0. The molecule has 0 nitrogen and oxygen atoms in total. The molecule has 1 unspecified atom stereocenters. The van der Waals surface area contributed by atoms with Gasteiger partial charge < -0.3 is 0 Å². The molecule has 0 radical (unpaired) electrons. The summed E-state index contributed by atoms with van der Waals surface area (Å²) in [7, 11) is 0. The molecule has 0 heteroatoms. The average Bonchev–Trinajstić information content (AvgIpc) is 2.59.